The van der Waals surface area contributed by atoms with Crippen molar-refractivity contribution in [3.8, 4) is 0 Å². The van der Waals surface area contributed by atoms with E-state index in [-0.39, 0.29) is 22.0 Å². The van der Waals surface area contributed by atoms with Gasteiger partial charge in [-0.1, -0.05) is 62.2 Å². The van der Waals surface area contributed by atoms with E-state index in [0.29, 0.717) is 10.7 Å². The van der Waals surface area contributed by atoms with Crippen molar-refractivity contribution in [2.45, 2.75) is 32.2 Å². The Morgan fingerprint density at radius 2 is 1.79 bits per heavy atom. The number of fused-ring (bicyclic) bond motifs is 1. The number of rotatable bonds is 2. The van der Waals surface area contributed by atoms with Crippen LogP contribution in [0.1, 0.15) is 54.1 Å². The molecule has 0 saturated heterocycles. The van der Waals surface area contributed by atoms with Gasteiger partial charge < -0.3 is 0 Å². The third-order valence-corrected chi connectivity index (χ3v) is 5.43. The Bertz CT molecular complexity index is 1070. The number of carbonyl (C=O) groups excluding carboxylic acids is 1. The lowest BCUT2D eigenvalue weighted by Gasteiger charge is -2.29. The first kappa shape index (κ1) is 19.0. The third-order valence-electron chi connectivity index (χ3n) is 4.88. The molecule has 1 amide bonds. The molecular weight excluding hydrogens is 400 g/mol. The molecule has 28 heavy (non-hydrogen) atoms. The monoisotopic (exact) mass is 417 g/mol. The van der Waals surface area contributed by atoms with E-state index in [1.165, 1.54) is 11.0 Å². The molecule has 1 aliphatic heterocycles. The molecule has 4 nitrogen and oxygen atoms in total. The largest absolute Gasteiger partial charge is 0.292 e. The summed E-state index contributed by atoms with van der Waals surface area (Å²) in [4.78, 5) is 14.7. The van der Waals surface area contributed by atoms with Gasteiger partial charge in [0.1, 0.15) is 0 Å². The Morgan fingerprint density at radius 3 is 2.43 bits per heavy atom. The first-order chi connectivity index (χ1) is 13.2. The molecule has 4 rings (SSSR count). The lowest BCUT2D eigenvalue weighted by Crippen LogP contribution is -2.31. The summed E-state index contributed by atoms with van der Waals surface area (Å²) < 4.78 is 14.9. The second kappa shape index (κ2) is 6.61. The molecule has 0 fully saturated rings. The van der Waals surface area contributed by atoms with Gasteiger partial charge in [0.05, 0.1) is 16.8 Å². The van der Waals surface area contributed by atoms with Crippen LogP contribution in [0.4, 0.5) is 10.1 Å². The lowest BCUT2D eigenvalue weighted by molar-refractivity contribution is 0.0988. The van der Waals surface area contributed by atoms with Crippen LogP contribution >= 0.6 is 23.2 Å². The minimum Gasteiger partial charge on any atom is -0.292 e. The minimum absolute atomic E-state index is 0.0395. The van der Waals surface area contributed by atoms with Gasteiger partial charge in [-0.3, -0.25) is 14.8 Å². The van der Waals surface area contributed by atoms with Crippen molar-refractivity contribution >= 4 is 34.8 Å². The molecule has 0 saturated carbocycles. The van der Waals surface area contributed by atoms with Crippen molar-refractivity contribution in [1.29, 1.82) is 0 Å². The zero-order valence-corrected chi connectivity index (χ0v) is 17.1. The molecule has 1 N–H and O–H groups in total. The van der Waals surface area contributed by atoms with Crippen molar-refractivity contribution < 1.29 is 9.18 Å². The SMILES string of the molecule is CC(C)(C)c1[nH]nc2c1[C@H](c1ccc(Cl)cc1)N(c1cccc(Cl)c1F)C2=O. The summed E-state index contributed by atoms with van der Waals surface area (Å²) >= 11 is 12.0. The topological polar surface area (TPSA) is 49.0 Å². The maximum atomic E-state index is 14.9. The molecule has 3 aromatic rings. The Hall–Kier alpha value is -2.37. The summed E-state index contributed by atoms with van der Waals surface area (Å²) in [6, 6.07) is 11.3. The van der Waals surface area contributed by atoms with E-state index in [1.807, 2.05) is 32.9 Å². The minimum atomic E-state index is -0.636. The van der Waals surface area contributed by atoms with E-state index in [4.69, 9.17) is 23.2 Å². The van der Waals surface area contributed by atoms with Gasteiger partial charge in [-0.15, -0.1) is 0 Å². The number of amides is 1. The molecule has 1 aromatic heterocycles. The van der Waals surface area contributed by atoms with Crippen LogP contribution < -0.4 is 4.90 Å². The number of nitrogens with one attached hydrogen (secondary N) is 1. The second-order valence-corrected chi connectivity index (χ2v) is 8.66. The Labute approximate surface area is 172 Å². The number of nitrogens with zero attached hydrogens (tertiary/aromatic N) is 2. The van der Waals surface area contributed by atoms with Crippen LogP contribution in [0.25, 0.3) is 0 Å². The first-order valence-corrected chi connectivity index (χ1v) is 9.57. The van der Waals surface area contributed by atoms with Crippen LogP contribution in [0.2, 0.25) is 10.0 Å². The summed E-state index contributed by atoms with van der Waals surface area (Å²) in [5.41, 5.74) is 2.52. The van der Waals surface area contributed by atoms with Crippen LogP contribution in [-0.2, 0) is 5.41 Å². The molecule has 2 aromatic carbocycles. The fourth-order valence-corrected chi connectivity index (χ4v) is 3.90. The molecule has 1 atom stereocenters. The fraction of sp³-hybridized carbons (Fsp3) is 0.238. The van der Waals surface area contributed by atoms with E-state index >= 15 is 0 Å². The number of halogens is 3. The summed E-state index contributed by atoms with van der Waals surface area (Å²) in [6.45, 7) is 6.10. The Morgan fingerprint density at radius 1 is 1.11 bits per heavy atom. The number of benzene rings is 2. The predicted octanol–water partition coefficient (Wildman–Crippen LogP) is 5.90. The molecule has 1 aliphatic rings. The van der Waals surface area contributed by atoms with Gasteiger partial charge in [-0.05, 0) is 29.8 Å². The maximum absolute atomic E-state index is 14.9. The van der Waals surface area contributed by atoms with E-state index in [9.17, 15) is 9.18 Å². The van der Waals surface area contributed by atoms with Gasteiger partial charge in [0.15, 0.2) is 11.5 Å². The van der Waals surface area contributed by atoms with Gasteiger partial charge in [-0.25, -0.2) is 4.39 Å². The predicted molar refractivity (Wildman–Crippen MR) is 109 cm³/mol. The number of hydrogen-bond donors (Lipinski definition) is 1. The van der Waals surface area contributed by atoms with Crippen molar-refractivity contribution in [1.82, 2.24) is 10.2 Å². The van der Waals surface area contributed by atoms with Crippen LogP contribution in [0.15, 0.2) is 42.5 Å². The Kier molecular flexibility index (Phi) is 4.47. The fourth-order valence-electron chi connectivity index (χ4n) is 3.60. The van der Waals surface area contributed by atoms with Crippen LogP contribution in [0.3, 0.4) is 0 Å². The van der Waals surface area contributed by atoms with E-state index in [0.717, 1.165) is 16.8 Å². The number of hydrogen-bond acceptors (Lipinski definition) is 2. The molecule has 0 radical (unpaired) electrons. The van der Waals surface area contributed by atoms with Crippen molar-refractivity contribution in [2.75, 3.05) is 4.90 Å². The number of aromatic nitrogens is 2. The summed E-state index contributed by atoms with van der Waals surface area (Å²) in [6.07, 6.45) is 0. The standard InChI is InChI=1S/C21H18Cl2FN3O/c1-21(2,3)19-15-17(25-26-19)20(28)27(14-6-4-5-13(23)16(14)24)18(15)11-7-9-12(22)10-8-11/h4-10,18H,1-3H3,(H,25,26)/t18-/m0/s1. The quantitative estimate of drug-likeness (QED) is 0.563. The molecule has 0 spiro atoms. The van der Waals surface area contributed by atoms with E-state index in [1.54, 1.807) is 24.3 Å². The highest BCUT2D eigenvalue weighted by atomic mass is 35.5. The van der Waals surface area contributed by atoms with Gasteiger partial charge in [0.25, 0.3) is 5.91 Å². The van der Waals surface area contributed by atoms with Crippen LogP contribution in [0.5, 0.6) is 0 Å². The third kappa shape index (κ3) is 2.90. The number of carbonyl (C=O) groups is 1. The van der Waals surface area contributed by atoms with E-state index in [2.05, 4.69) is 10.2 Å². The van der Waals surface area contributed by atoms with Gasteiger partial charge in [0, 0.05) is 21.7 Å². The molecule has 2 heterocycles. The Balaban J connectivity index is 1.98. The smallest absolute Gasteiger partial charge is 0.280 e. The van der Waals surface area contributed by atoms with Crippen LogP contribution in [-0.4, -0.2) is 16.1 Å². The van der Waals surface area contributed by atoms with E-state index < -0.39 is 11.9 Å². The summed E-state index contributed by atoms with van der Waals surface area (Å²) in [7, 11) is 0. The van der Waals surface area contributed by atoms with Gasteiger partial charge in [-0.2, -0.15) is 5.10 Å². The average Bonchev–Trinajstić information content (AvgIpc) is 3.18. The molecule has 0 unspecified atom stereocenters. The van der Waals surface area contributed by atoms with Crippen LogP contribution in [0, 0.1) is 5.82 Å². The zero-order chi connectivity index (χ0) is 20.2. The van der Waals surface area contributed by atoms with Crippen molar-refractivity contribution in [3.63, 3.8) is 0 Å². The van der Waals surface area contributed by atoms with Crippen molar-refractivity contribution in [2.24, 2.45) is 0 Å². The zero-order valence-electron chi connectivity index (χ0n) is 15.6. The van der Waals surface area contributed by atoms with Gasteiger partial charge >= 0.3 is 0 Å². The number of aromatic amines is 1. The normalized spacial score (nSPS) is 16.6. The number of H-pyrrole nitrogens is 1. The molecule has 0 bridgehead atoms. The highest BCUT2D eigenvalue weighted by Crippen LogP contribution is 2.46. The molecule has 7 heteroatoms. The second-order valence-electron chi connectivity index (χ2n) is 7.81. The van der Waals surface area contributed by atoms with Crippen molar-refractivity contribution in [3.05, 3.63) is 80.8 Å². The highest BCUT2D eigenvalue weighted by Gasteiger charge is 2.45. The number of anilines is 1. The van der Waals surface area contributed by atoms with Gasteiger partial charge in [0.2, 0.25) is 0 Å². The summed E-state index contributed by atoms with van der Waals surface area (Å²) in [5.74, 6) is -1.01. The molecular formula is C21H18Cl2FN3O. The maximum Gasteiger partial charge on any atom is 0.280 e. The average molecular weight is 418 g/mol. The highest BCUT2D eigenvalue weighted by molar-refractivity contribution is 6.31. The lowest BCUT2D eigenvalue weighted by atomic mass is 9.85. The first-order valence-electron chi connectivity index (χ1n) is 8.82. The summed E-state index contributed by atoms with van der Waals surface area (Å²) in [5, 5.41) is 7.82. The molecule has 144 valence electrons. The molecule has 0 aliphatic carbocycles.